The molecule has 1 unspecified atom stereocenters. The molecule has 3 fully saturated rings. The average Bonchev–Trinajstić information content (AvgIpc) is 2.83. The Morgan fingerprint density at radius 2 is 1.71 bits per heavy atom. The lowest BCUT2D eigenvalue weighted by atomic mass is 9.93. The topological polar surface area (TPSA) is 27.7 Å². The van der Waals surface area contributed by atoms with Crippen LogP contribution in [0.1, 0.15) is 43.7 Å². The Hall–Kier alpha value is -0.690. The van der Waals surface area contributed by atoms with Crippen LogP contribution in [0.25, 0.3) is 0 Å². The van der Waals surface area contributed by atoms with E-state index >= 15 is 0 Å². The number of ether oxygens (including phenoxy) is 1. The standard InChI is InChI=1S/C25H42ClN4O/c1-31-20-17-28-13-15-29(16-14-28)25(22-5-7-23(26)8-6-22)21-30(18-3-2-4-19-30)24-9-11-27-12-10-24/h5-8,24-25,27H,2-4,9-21H2,1H3/q+1. The van der Waals surface area contributed by atoms with Gasteiger partial charge in [0.05, 0.1) is 38.3 Å². The van der Waals surface area contributed by atoms with Crippen LogP contribution in [-0.4, -0.2) is 99.5 Å². The zero-order valence-corrected chi connectivity index (χ0v) is 20.2. The Morgan fingerprint density at radius 3 is 2.35 bits per heavy atom. The molecule has 0 aromatic heterocycles. The van der Waals surface area contributed by atoms with E-state index in [1.165, 1.54) is 74.9 Å². The summed E-state index contributed by atoms with van der Waals surface area (Å²) in [6.45, 7) is 12.8. The normalized spacial score (nSPS) is 24.8. The van der Waals surface area contributed by atoms with Gasteiger partial charge in [0.2, 0.25) is 0 Å². The van der Waals surface area contributed by atoms with Gasteiger partial charge < -0.3 is 14.5 Å². The number of rotatable bonds is 8. The van der Waals surface area contributed by atoms with Crippen molar-refractivity contribution in [3.8, 4) is 0 Å². The first-order valence-corrected chi connectivity index (χ1v) is 12.9. The molecule has 0 spiro atoms. The maximum absolute atomic E-state index is 6.27. The van der Waals surface area contributed by atoms with Gasteiger partial charge in [0.25, 0.3) is 0 Å². The Kier molecular flexibility index (Phi) is 8.66. The van der Waals surface area contributed by atoms with Gasteiger partial charge in [-0.25, -0.2) is 0 Å². The van der Waals surface area contributed by atoms with Gasteiger partial charge in [-0.1, -0.05) is 23.7 Å². The Bertz CT molecular complexity index is 650. The zero-order valence-electron chi connectivity index (χ0n) is 19.4. The van der Waals surface area contributed by atoms with Crippen LogP contribution in [0.15, 0.2) is 24.3 Å². The number of nitrogens with one attached hydrogen (secondary N) is 1. The summed E-state index contributed by atoms with van der Waals surface area (Å²) in [5.41, 5.74) is 1.45. The number of methoxy groups -OCH3 is 1. The Balaban J connectivity index is 1.54. The molecule has 3 saturated heterocycles. The van der Waals surface area contributed by atoms with Gasteiger partial charge in [0, 0.05) is 70.8 Å². The van der Waals surface area contributed by atoms with E-state index in [4.69, 9.17) is 16.3 Å². The van der Waals surface area contributed by atoms with Gasteiger partial charge in [-0.2, -0.15) is 0 Å². The minimum Gasteiger partial charge on any atom is -0.383 e. The quantitative estimate of drug-likeness (QED) is 0.615. The lowest BCUT2D eigenvalue weighted by Crippen LogP contribution is -2.63. The number of benzene rings is 1. The van der Waals surface area contributed by atoms with Crippen molar-refractivity contribution in [2.75, 3.05) is 79.2 Å². The molecule has 0 bridgehead atoms. The second-order valence-corrected chi connectivity index (χ2v) is 10.3. The van der Waals surface area contributed by atoms with Gasteiger partial charge in [-0.05, 0) is 37.0 Å². The highest BCUT2D eigenvalue weighted by Crippen LogP contribution is 2.34. The number of halogens is 1. The summed E-state index contributed by atoms with van der Waals surface area (Å²) in [7, 11) is 1.80. The number of hydrogen-bond donors (Lipinski definition) is 1. The summed E-state index contributed by atoms with van der Waals surface area (Å²) in [5, 5.41) is 4.44. The molecule has 3 aliphatic heterocycles. The number of piperazine rings is 1. The molecule has 174 valence electrons. The third-order valence-corrected chi connectivity index (χ3v) is 8.29. The molecule has 31 heavy (non-hydrogen) atoms. The first kappa shape index (κ1) is 23.5. The third-order valence-electron chi connectivity index (χ3n) is 8.04. The van der Waals surface area contributed by atoms with Gasteiger partial charge in [0.15, 0.2) is 0 Å². The highest BCUT2D eigenvalue weighted by molar-refractivity contribution is 6.30. The van der Waals surface area contributed by atoms with E-state index < -0.39 is 0 Å². The largest absolute Gasteiger partial charge is 0.383 e. The van der Waals surface area contributed by atoms with Crippen LogP contribution in [-0.2, 0) is 4.74 Å². The van der Waals surface area contributed by atoms with E-state index in [1.54, 1.807) is 7.11 Å². The van der Waals surface area contributed by atoms with Crippen LogP contribution in [0, 0.1) is 0 Å². The lowest BCUT2D eigenvalue weighted by Gasteiger charge is -2.52. The van der Waals surface area contributed by atoms with Crippen LogP contribution in [0.2, 0.25) is 5.02 Å². The van der Waals surface area contributed by atoms with E-state index in [-0.39, 0.29) is 0 Å². The van der Waals surface area contributed by atoms with Gasteiger partial charge in [-0.15, -0.1) is 0 Å². The molecule has 3 heterocycles. The predicted octanol–water partition coefficient (Wildman–Crippen LogP) is 3.40. The monoisotopic (exact) mass is 449 g/mol. The smallest absolute Gasteiger partial charge is 0.0989 e. The molecule has 1 N–H and O–H groups in total. The fourth-order valence-corrected chi connectivity index (χ4v) is 6.30. The third kappa shape index (κ3) is 6.01. The molecule has 1 aromatic carbocycles. The van der Waals surface area contributed by atoms with Gasteiger partial charge in [-0.3, -0.25) is 9.80 Å². The highest BCUT2D eigenvalue weighted by atomic mass is 35.5. The van der Waals surface area contributed by atoms with E-state index in [2.05, 4.69) is 39.4 Å². The number of nitrogens with zero attached hydrogens (tertiary/aromatic N) is 3. The van der Waals surface area contributed by atoms with E-state index in [0.717, 1.165) is 50.4 Å². The highest BCUT2D eigenvalue weighted by Gasteiger charge is 2.42. The number of hydrogen-bond acceptors (Lipinski definition) is 4. The summed E-state index contributed by atoms with van der Waals surface area (Å²) in [4.78, 5) is 5.32. The second kappa shape index (κ2) is 11.4. The molecular weight excluding hydrogens is 408 g/mol. The van der Waals surface area contributed by atoms with Crippen molar-refractivity contribution < 1.29 is 9.22 Å². The predicted molar refractivity (Wildman–Crippen MR) is 129 cm³/mol. The number of quaternary nitrogens is 1. The van der Waals surface area contributed by atoms with E-state index in [9.17, 15) is 0 Å². The molecule has 0 amide bonds. The second-order valence-electron chi connectivity index (χ2n) is 9.83. The number of likely N-dealkylation sites (tertiary alicyclic amines) is 1. The first-order chi connectivity index (χ1) is 15.2. The first-order valence-electron chi connectivity index (χ1n) is 12.5. The molecule has 0 saturated carbocycles. The molecule has 6 heteroatoms. The lowest BCUT2D eigenvalue weighted by molar-refractivity contribution is -0.958. The molecule has 0 aliphatic carbocycles. The van der Waals surface area contributed by atoms with Crippen LogP contribution >= 0.6 is 11.6 Å². The van der Waals surface area contributed by atoms with Crippen LogP contribution in [0.3, 0.4) is 0 Å². The zero-order chi connectivity index (χ0) is 21.5. The minimum atomic E-state index is 0.481. The molecule has 3 aliphatic rings. The summed E-state index contributed by atoms with van der Waals surface area (Å²) in [5.74, 6) is 0. The summed E-state index contributed by atoms with van der Waals surface area (Å²) >= 11 is 6.27. The Morgan fingerprint density at radius 1 is 1.03 bits per heavy atom. The minimum absolute atomic E-state index is 0.481. The van der Waals surface area contributed by atoms with Gasteiger partial charge >= 0.3 is 0 Å². The van der Waals surface area contributed by atoms with Crippen molar-refractivity contribution in [3.63, 3.8) is 0 Å². The van der Waals surface area contributed by atoms with E-state index in [1.807, 2.05) is 0 Å². The van der Waals surface area contributed by atoms with E-state index in [0.29, 0.717) is 6.04 Å². The van der Waals surface area contributed by atoms with Crippen molar-refractivity contribution in [2.24, 2.45) is 0 Å². The van der Waals surface area contributed by atoms with Crippen molar-refractivity contribution in [3.05, 3.63) is 34.9 Å². The maximum atomic E-state index is 6.27. The van der Waals surface area contributed by atoms with Crippen molar-refractivity contribution in [1.82, 2.24) is 15.1 Å². The molecule has 1 atom stereocenters. The summed E-state index contributed by atoms with van der Waals surface area (Å²) in [6, 6.07) is 10.0. The summed E-state index contributed by atoms with van der Waals surface area (Å²) in [6.07, 6.45) is 6.86. The molecule has 4 rings (SSSR count). The van der Waals surface area contributed by atoms with Crippen LogP contribution < -0.4 is 5.32 Å². The fraction of sp³-hybridized carbons (Fsp3) is 0.760. The molecule has 1 aromatic rings. The number of piperidine rings is 2. The summed E-state index contributed by atoms with van der Waals surface area (Å²) < 4.78 is 6.64. The Labute approximate surface area is 194 Å². The van der Waals surface area contributed by atoms with Gasteiger partial charge in [0.1, 0.15) is 0 Å². The van der Waals surface area contributed by atoms with Crippen molar-refractivity contribution >= 4 is 11.6 Å². The molecule has 5 nitrogen and oxygen atoms in total. The van der Waals surface area contributed by atoms with Crippen molar-refractivity contribution in [1.29, 1.82) is 0 Å². The molecule has 0 radical (unpaired) electrons. The average molecular weight is 450 g/mol. The SMILES string of the molecule is COCCN1CCN(C(C[N+]2(C3CCNCC3)CCCCC2)c2ccc(Cl)cc2)CC1. The van der Waals surface area contributed by atoms with Crippen LogP contribution in [0.4, 0.5) is 0 Å². The maximum Gasteiger partial charge on any atom is 0.0989 e. The van der Waals surface area contributed by atoms with Crippen molar-refractivity contribution in [2.45, 2.75) is 44.2 Å². The van der Waals surface area contributed by atoms with Crippen LogP contribution in [0.5, 0.6) is 0 Å². The fourth-order valence-electron chi connectivity index (χ4n) is 6.17. The molecular formula is C25H42ClN4O+.